The average Bonchev–Trinajstić information content (AvgIpc) is 3.13. The third-order valence-corrected chi connectivity index (χ3v) is 5.90. The minimum atomic E-state index is -0.153. The van der Waals surface area contributed by atoms with Gasteiger partial charge in [-0.05, 0) is 54.1 Å². The Labute approximate surface area is 179 Å². The topological polar surface area (TPSA) is 54.5 Å². The number of nitrogens with zero attached hydrogens (tertiary/aromatic N) is 2. The maximum absolute atomic E-state index is 12.7. The summed E-state index contributed by atoms with van der Waals surface area (Å²) >= 11 is 1.36. The fourth-order valence-electron chi connectivity index (χ4n) is 3.16. The fraction of sp³-hybridized carbons (Fsp3) is 0.167. The molecule has 5 nitrogen and oxygen atoms in total. The number of carbonyl (C=O) groups excluding carboxylic acids is 1. The number of hydrogen-bond acceptors (Lipinski definition) is 5. The predicted molar refractivity (Wildman–Crippen MR) is 124 cm³/mol. The summed E-state index contributed by atoms with van der Waals surface area (Å²) < 4.78 is 5.91. The Bertz CT molecular complexity index is 1180. The number of anilines is 2. The van der Waals surface area contributed by atoms with Gasteiger partial charge < -0.3 is 15.0 Å². The van der Waals surface area contributed by atoms with Crippen LogP contribution in [0.15, 0.2) is 66.7 Å². The molecule has 0 unspecified atom stereocenters. The maximum Gasteiger partial charge on any atom is 0.267 e. The van der Waals surface area contributed by atoms with E-state index in [2.05, 4.69) is 22.4 Å². The SMILES string of the molecule is Cc1nc(COc2ccc3ccccc3c2)sc1C(=O)Nc1ccc(N(C)C)cc1. The van der Waals surface area contributed by atoms with Crippen LogP contribution in [-0.2, 0) is 6.61 Å². The van der Waals surface area contributed by atoms with Crippen LogP contribution in [0.4, 0.5) is 11.4 Å². The Hall–Kier alpha value is -3.38. The zero-order valence-corrected chi connectivity index (χ0v) is 18.0. The van der Waals surface area contributed by atoms with Gasteiger partial charge in [0.25, 0.3) is 5.91 Å². The van der Waals surface area contributed by atoms with Crippen molar-refractivity contribution in [1.82, 2.24) is 4.98 Å². The van der Waals surface area contributed by atoms with E-state index in [0.29, 0.717) is 17.2 Å². The number of aromatic nitrogens is 1. The van der Waals surface area contributed by atoms with E-state index in [4.69, 9.17) is 4.74 Å². The minimum absolute atomic E-state index is 0.153. The van der Waals surface area contributed by atoms with Crippen LogP contribution in [0.25, 0.3) is 10.8 Å². The molecule has 0 spiro atoms. The quantitative estimate of drug-likeness (QED) is 0.450. The van der Waals surface area contributed by atoms with E-state index in [1.54, 1.807) is 0 Å². The summed E-state index contributed by atoms with van der Waals surface area (Å²) in [4.78, 5) is 19.8. The summed E-state index contributed by atoms with van der Waals surface area (Å²) in [6, 6.07) is 21.9. The van der Waals surface area contributed by atoms with Crippen LogP contribution >= 0.6 is 11.3 Å². The summed E-state index contributed by atoms with van der Waals surface area (Å²) in [6.07, 6.45) is 0. The van der Waals surface area contributed by atoms with Gasteiger partial charge in [-0.25, -0.2) is 4.98 Å². The van der Waals surface area contributed by atoms with E-state index in [9.17, 15) is 4.79 Å². The summed E-state index contributed by atoms with van der Waals surface area (Å²) in [5.41, 5.74) is 2.54. The Morgan fingerprint density at radius 2 is 1.77 bits per heavy atom. The lowest BCUT2D eigenvalue weighted by Gasteiger charge is -2.12. The molecular weight excluding hydrogens is 394 g/mol. The van der Waals surface area contributed by atoms with E-state index < -0.39 is 0 Å². The number of fused-ring (bicyclic) bond motifs is 1. The van der Waals surface area contributed by atoms with Gasteiger partial charge in [0, 0.05) is 25.5 Å². The van der Waals surface area contributed by atoms with Crippen LogP contribution < -0.4 is 15.0 Å². The molecular formula is C24H23N3O2S. The van der Waals surface area contributed by atoms with Crippen LogP contribution in [0.2, 0.25) is 0 Å². The highest BCUT2D eigenvalue weighted by Gasteiger charge is 2.16. The molecule has 0 radical (unpaired) electrons. The van der Waals surface area contributed by atoms with Crippen LogP contribution in [0.3, 0.4) is 0 Å². The summed E-state index contributed by atoms with van der Waals surface area (Å²) in [7, 11) is 3.96. The molecule has 0 fully saturated rings. The van der Waals surface area contributed by atoms with Crippen molar-refractivity contribution in [2.75, 3.05) is 24.3 Å². The molecule has 0 aliphatic carbocycles. The molecule has 0 saturated heterocycles. The van der Waals surface area contributed by atoms with Gasteiger partial charge >= 0.3 is 0 Å². The number of hydrogen-bond donors (Lipinski definition) is 1. The standard InChI is InChI=1S/C24H23N3O2S/c1-16-23(24(28)26-19-9-11-20(12-10-19)27(2)3)30-22(25-16)15-29-21-13-8-17-6-4-5-7-18(17)14-21/h4-14H,15H2,1-3H3,(H,26,28). The Balaban J connectivity index is 1.42. The molecule has 0 bridgehead atoms. The Morgan fingerprint density at radius 1 is 1.03 bits per heavy atom. The average molecular weight is 418 g/mol. The third kappa shape index (κ3) is 4.44. The fourth-order valence-corrected chi connectivity index (χ4v) is 4.03. The molecule has 0 aliphatic heterocycles. The lowest BCUT2D eigenvalue weighted by atomic mass is 10.1. The molecule has 1 N–H and O–H groups in total. The second kappa shape index (κ2) is 8.55. The minimum Gasteiger partial charge on any atom is -0.486 e. The number of aryl methyl sites for hydroxylation is 1. The van der Waals surface area contributed by atoms with Crippen LogP contribution in [0.5, 0.6) is 5.75 Å². The van der Waals surface area contributed by atoms with Gasteiger partial charge in [0.1, 0.15) is 22.2 Å². The molecule has 0 atom stereocenters. The third-order valence-electron chi connectivity index (χ3n) is 4.77. The van der Waals surface area contributed by atoms with Gasteiger partial charge in [-0.15, -0.1) is 11.3 Å². The monoisotopic (exact) mass is 417 g/mol. The molecule has 4 aromatic rings. The molecule has 3 aromatic carbocycles. The molecule has 1 heterocycles. The van der Waals surface area contributed by atoms with E-state index in [-0.39, 0.29) is 5.91 Å². The summed E-state index contributed by atoms with van der Waals surface area (Å²) in [6.45, 7) is 2.18. The van der Waals surface area contributed by atoms with Crippen molar-refractivity contribution in [3.8, 4) is 5.75 Å². The highest BCUT2D eigenvalue weighted by molar-refractivity contribution is 7.13. The molecule has 152 valence electrons. The van der Waals surface area contributed by atoms with E-state index in [0.717, 1.165) is 27.5 Å². The second-order valence-corrected chi connectivity index (χ2v) is 8.30. The number of benzene rings is 3. The largest absolute Gasteiger partial charge is 0.486 e. The molecule has 1 amide bonds. The van der Waals surface area contributed by atoms with Crippen molar-refractivity contribution in [2.45, 2.75) is 13.5 Å². The van der Waals surface area contributed by atoms with Crippen LogP contribution in [0.1, 0.15) is 20.4 Å². The van der Waals surface area contributed by atoms with Gasteiger partial charge in [0.2, 0.25) is 0 Å². The normalized spacial score (nSPS) is 10.8. The molecule has 1 aromatic heterocycles. The maximum atomic E-state index is 12.7. The van der Waals surface area contributed by atoms with Crippen LogP contribution in [-0.4, -0.2) is 25.0 Å². The zero-order chi connectivity index (χ0) is 21.1. The number of rotatable bonds is 6. The predicted octanol–water partition coefficient (Wildman–Crippen LogP) is 5.50. The van der Waals surface area contributed by atoms with Crippen LogP contribution in [0, 0.1) is 6.92 Å². The van der Waals surface area contributed by atoms with Gasteiger partial charge in [-0.2, -0.15) is 0 Å². The van der Waals surface area contributed by atoms with Crippen molar-refractivity contribution < 1.29 is 9.53 Å². The highest BCUT2D eigenvalue weighted by Crippen LogP contribution is 2.24. The number of nitrogens with one attached hydrogen (secondary N) is 1. The molecule has 0 aliphatic rings. The summed E-state index contributed by atoms with van der Waals surface area (Å²) in [5, 5.41) is 6.02. The molecule has 4 rings (SSSR count). The first-order chi connectivity index (χ1) is 14.5. The number of carbonyl (C=O) groups is 1. The lowest BCUT2D eigenvalue weighted by Crippen LogP contribution is -2.12. The smallest absolute Gasteiger partial charge is 0.267 e. The van der Waals surface area contributed by atoms with Gasteiger partial charge in [-0.1, -0.05) is 30.3 Å². The van der Waals surface area contributed by atoms with Crippen molar-refractivity contribution in [1.29, 1.82) is 0 Å². The van der Waals surface area contributed by atoms with Crippen molar-refractivity contribution in [3.63, 3.8) is 0 Å². The number of ether oxygens (including phenoxy) is 1. The van der Waals surface area contributed by atoms with Crippen molar-refractivity contribution >= 4 is 39.4 Å². The lowest BCUT2D eigenvalue weighted by molar-refractivity contribution is 0.103. The Morgan fingerprint density at radius 3 is 2.50 bits per heavy atom. The van der Waals surface area contributed by atoms with Crippen molar-refractivity contribution in [2.24, 2.45) is 0 Å². The number of thiazole rings is 1. The van der Waals surface area contributed by atoms with Gasteiger partial charge in [-0.3, -0.25) is 4.79 Å². The highest BCUT2D eigenvalue weighted by atomic mass is 32.1. The summed E-state index contributed by atoms with van der Waals surface area (Å²) in [5.74, 6) is 0.632. The van der Waals surface area contributed by atoms with E-state index in [1.165, 1.54) is 16.7 Å². The first-order valence-corrected chi connectivity index (χ1v) is 10.5. The molecule has 30 heavy (non-hydrogen) atoms. The zero-order valence-electron chi connectivity index (χ0n) is 17.2. The van der Waals surface area contributed by atoms with E-state index >= 15 is 0 Å². The second-order valence-electron chi connectivity index (χ2n) is 7.22. The Kier molecular flexibility index (Phi) is 5.68. The van der Waals surface area contributed by atoms with Crippen molar-refractivity contribution in [3.05, 3.63) is 82.3 Å². The first-order valence-electron chi connectivity index (χ1n) is 9.66. The number of amides is 1. The first kappa shape index (κ1) is 19.9. The van der Waals surface area contributed by atoms with Gasteiger partial charge in [0.15, 0.2) is 0 Å². The van der Waals surface area contributed by atoms with Gasteiger partial charge in [0.05, 0.1) is 5.69 Å². The van der Waals surface area contributed by atoms with E-state index in [1.807, 2.05) is 80.5 Å². The molecule has 6 heteroatoms. The molecule has 0 saturated carbocycles.